The van der Waals surface area contributed by atoms with E-state index in [1.165, 1.54) is 23.4 Å². The lowest BCUT2D eigenvalue weighted by atomic mass is 10.1. The Morgan fingerprint density at radius 3 is 2.85 bits per heavy atom. The first-order chi connectivity index (χ1) is 13.4. The molecule has 1 fully saturated rings. The number of hydrogen-bond donors (Lipinski definition) is 2. The Labute approximate surface area is 165 Å². The van der Waals surface area contributed by atoms with Gasteiger partial charge in [-0.2, -0.15) is 0 Å². The average Bonchev–Trinajstić information content (AvgIpc) is 3.23. The first-order valence-electron chi connectivity index (χ1n) is 9.79. The van der Waals surface area contributed by atoms with Gasteiger partial charge >= 0.3 is 0 Å². The minimum atomic E-state index is 0.555. The second-order valence-electron chi connectivity index (χ2n) is 7.04. The van der Waals surface area contributed by atoms with E-state index in [-0.39, 0.29) is 0 Å². The lowest BCUT2D eigenvalue weighted by molar-refractivity contribution is 0.479. The van der Waals surface area contributed by atoms with E-state index in [1.54, 1.807) is 0 Å². The molecule has 4 nitrogen and oxygen atoms in total. The first-order valence-corrected chi connectivity index (χ1v) is 10.7. The van der Waals surface area contributed by atoms with E-state index in [0.29, 0.717) is 6.04 Å². The van der Waals surface area contributed by atoms with E-state index in [9.17, 15) is 0 Å². The molecular weight excluding hydrogens is 352 g/mol. The van der Waals surface area contributed by atoms with Gasteiger partial charge in [0.1, 0.15) is 5.82 Å². The lowest BCUT2D eigenvalue weighted by Gasteiger charge is -2.24. The van der Waals surface area contributed by atoms with Crippen molar-refractivity contribution in [2.24, 2.45) is 0 Å². The van der Waals surface area contributed by atoms with Crippen molar-refractivity contribution < 1.29 is 0 Å². The second kappa shape index (κ2) is 9.11. The minimum absolute atomic E-state index is 0.555. The molecule has 3 heterocycles. The molecule has 4 rings (SSSR count). The molecule has 0 saturated carbocycles. The van der Waals surface area contributed by atoms with Crippen LogP contribution in [-0.2, 0) is 12.8 Å². The SMILES string of the molecule is c1cc(NC2CCNCC2)cc(-c2ccnc(CCCc3cccs3)n2)c1. The molecule has 3 aromatic rings. The molecule has 0 unspecified atom stereocenters. The quantitative estimate of drug-likeness (QED) is 0.633. The van der Waals surface area contributed by atoms with Crippen molar-refractivity contribution in [2.45, 2.75) is 38.1 Å². The zero-order chi connectivity index (χ0) is 18.3. The number of aryl methyl sites for hydroxylation is 2. The highest BCUT2D eigenvalue weighted by Gasteiger charge is 2.12. The largest absolute Gasteiger partial charge is 0.382 e. The molecule has 0 amide bonds. The topological polar surface area (TPSA) is 49.8 Å². The van der Waals surface area contributed by atoms with Gasteiger partial charge in [-0.05, 0) is 68.4 Å². The summed E-state index contributed by atoms with van der Waals surface area (Å²) in [6, 6.07) is 15.5. The highest BCUT2D eigenvalue weighted by atomic mass is 32.1. The fourth-order valence-corrected chi connectivity index (χ4v) is 4.28. The first kappa shape index (κ1) is 18.1. The number of aromatic nitrogens is 2. The Hall–Kier alpha value is -2.24. The van der Waals surface area contributed by atoms with Crippen LogP contribution < -0.4 is 10.6 Å². The molecule has 0 aliphatic carbocycles. The normalized spacial score (nSPS) is 15.0. The fourth-order valence-electron chi connectivity index (χ4n) is 3.53. The summed E-state index contributed by atoms with van der Waals surface area (Å²) in [4.78, 5) is 10.7. The molecular formula is C22H26N4S. The van der Waals surface area contributed by atoms with Crippen LogP contribution >= 0.6 is 11.3 Å². The van der Waals surface area contributed by atoms with Gasteiger partial charge in [-0.3, -0.25) is 0 Å². The Kier molecular flexibility index (Phi) is 6.12. The van der Waals surface area contributed by atoms with Crippen LogP contribution in [0.25, 0.3) is 11.3 Å². The highest BCUT2D eigenvalue weighted by molar-refractivity contribution is 7.09. The predicted octanol–water partition coefficient (Wildman–Crippen LogP) is 4.54. The summed E-state index contributed by atoms with van der Waals surface area (Å²) in [5, 5.41) is 9.22. The Balaban J connectivity index is 1.41. The zero-order valence-electron chi connectivity index (χ0n) is 15.5. The zero-order valence-corrected chi connectivity index (χ0v) is 16.3. The molecule has 0 radical (unpaired) electrons. The standard InChI is InChI=1S/C22H26N4S/c1-4-17(16-19(5-1)25-18-9-12-23-13-10-18)21-11-14-24-22(26-21)8-2-6-20-7-3-15-27-20/h1,3-5,7,11,14-16,18,23,25H,2,6,8-10,12-13H2. The van der Waals surface area contributed by atoms with Crippen molar-refractivity contribution in [1.29, 1.82) is 0 Å². The highest BCUT2D eigenvalue weighted by Crippen LogP contribution is 2.22. The number of rotatable bonds is 7. The van der Waals surface area contributed by atoms with Gasteiger partial charge in [0.25, 0.3) is 0 Å². The van der Waals surface area contributed by atoms with E-state index in [4.69, 9.17) is 4.98 Å². The molecule has 1 aliphatic rings. The number of nitrogens with one attached hydrogen (secondary N) is 2. The maximum absolute atomic E-state index is 4.80. The van der Waals surface area contributed by atoms with Crippen molar-refractivity contribution in [3.63, 3.8) is 0 Å². The minimum Gasteiger partial charge on any atom is -0.382 e. The van der Waals surface area contributed by atoms with E-state index in [0.717, 1.165) is 49.4 Å². The molecule has 0 atom stereocenters. The molecule has 1 aliphatic heterocycles. The summed E-state index contributed by atoms with van der Waals surface area (Å²) < 4.78 is 0. The second-order valence-corrected chi connectivity index (χ2v) is 8.07. The van der Waals surface area contributed by atoms with Crippen LogP contribution in [0.15, 0.2) is 54.0 Å². The maximum Gasteiger partial charge on any atom is 0.128 e. The third-order valence-electron chi connectivity index (χ3n) is 4.98. The van der Waals surface area contributed by atoms with Gasteiger partial charge < -0.3 is 10.6 Å². The average molecular weight is 379 g/mol. The summed E-state index contributed by atoms with van der Waals surface area (Å²) in [6.07, 6.45) is 7.33. The van der Waals surface area contributed by atoms with Gasteiger partial charge in [0.05, 0.1) is 5.69 Å². The van der Waals surface area contributed by atoms with Crippen LogP contribution in [-0.4, -0.2) is 29.1 Å². The number of nitrogens with zero attached hydrogens (tertiary/aromatic N) is 2. The third-order valence-corrected chi connectivity index (χ3v) is 5.91. The van der Waals surface area contributed by atoms with Gasteiger partial charge in [-0.15, -0.1) is 11.3 Å². The Morgan fingerprint density at radius 2 is 2.00 bits per heavy atom. The molecule has 2 aromatic heterocycles. The number of thiophene rings is 1. The van der Waals surface area contributed by atoms with Crippen LogP contribution in [0.3, 0.4) is 0 Å². The molecule has 27 heavy (non-hydrogen) atoms. The van der Waals surface area contributed by atoms with Crippen LogP contribution in [0, 0.1) is 0 Å². The van der Waals surface area contributed by atoms with Crippen LogP contribution in [0.4, 0.5) is 5.69 Å². The Bertz CT molecular complexity index is 841. The van der Waals surface area contributed by atoms with Crippen molar-refractivity contribution in [1.82, 2.24) is 15.3 Å². The molecule has 140 valence electrons. The number of anilines is 1. The summed E-state index contributed by atoms with van der Waals surface area (Å²) in [5.41, 5.74) is 3.33. The van der Waals surface area contributed by atoms with E-state index in [1.807, 2.05) is 23.6 Å². The number of hydrogen-bond acceptors (Lipinski definition) is 5. The lowest BCUT2D eigenvalue weighted by Crippen LogP contribution is -2.35. The maximum atomic E-state index is 4.80. The van der Waals surface area contributed by atoms with E-state index < -0.39 is 0 Å². The van der Waals surface area contributed by atoms with Gasteiger partial charge in [0.2, 0.25) is 0 Å². The third kappa shape index (κ3) is 5.15. The van der Waals surface area contributed by atoms with Crippen molar-refractivity contribution in [3.05, 3.63) is 64.7 Å². The van der Waals surface area contributed by atoms with Crippen LogP contribution in [0.5, 0.6) is 0 Å². The van der Waals surface area contributed by atoms with Gasteiger partial charge in [-0.25, -0.2) is 9.97 Å². The fraction of sp³-hybridized carbons (Fsp3) is 0.364. The number of piperidine rings is 1. The van der Waals surface area contributed by atoms with Crippen molar-refractivity contribution in [2.75, 3.05) is 18.4 Å². The van der Waals surface area contributed by atoms with Crippen molar-refractivity contribution in [3.8, 4) is 11.3 Å². The molecule has 1 aromatic carbocycles. The molecule has 0 spiro atoms. The molecule has 2 N–H and O–H groups in total. The van der Waals surface area contributed by atoms with E-state index >= 15 is 0 Å². The number of benzene rings is 1. The van der Waals surface area contributed by atoms with Crippen LogP contribution in [0.2, 0.25) is 0 Å². The Morgan fingerprint density at radius 1 is 1.07 bits per heavy atom. The summed E-state index contributed by atoms with van der Waals surface area (Å²) in [7, 11) is 0. The summed E-state index contributed by atoms with van der Waals surface area (Å²) >= 11 is 1.82. The van der Waals surface area contributed by atoms with Gasteiger partial charge in [-0.1, -0.05) is 18.2 Å². The molecule has 1 saturated heterocycles. The van der Waals surface area contributed by atoms with Crippen molar-refractivity contribution >= 4 is 17.0 Å². The van der Waals surface area contributed by atoms with Gasteiger partial charge in [0, 0.05) is 34.8 Å². The van der Waals surface area contributed by atoms with E-state index in [2.05, 4.69) is 57.4 Å². The summed E-state index contributed by atoms with van der Waals surface area (Å²) in [5.74, 6) is 0.931. The van der Waals surface area contributed by atoms with Crippen LogP contribution in [0.1, 0.15) is 30.0 Å². The molecule has 5 heteroatoms. The monoisotopic (exact) mass is 378 g/mol. The van der Waals surface area contributed by atoms with Gasteiger partial charge in [0.15, 0.2) is 0 Å². The molecule has 0 bridgehead atoms. The predicted molar refractivity (Wildman–Crippen MR) is 113 cm³/mol. The summed E-state index contributed by atoms with van der Waals surface area (Å²) in [6.45, 7) is 2.19. The smallest absolute Gasteiger partial charge is 0.128 e.